The Balaban J connectivity index is 2.14. The third-order valence-electron chi connectivity index (χ3n) is 2.50. The minimum atomic E-state index is 0.434. The number of nitrogens with one attached hydrogen (secondary N) is 1. The molecule has 0 aliphatic rings. The number of nitrogen functional groups attached to an aromatic ring is 1. The van der Waals surface area contributed by atoms with Crippen LogP contribution in [0.1, 0.15) is 11.1 Å². The molecule has 0 saturated carbocycles. The second-order valence-corrected chi connectivity index (χ2v) is 4.53. The van der Waals surface area contributed by atoms with Gasteiger partial charge in [-0.25, -0.2) is 15.8 Å². The number of nitrogens with two attached hydrogens (primary N) is 1. The Kier molecular flexibility index (Phi) is 4.11. The number of nitrogens with zero attached hydrogens (tertiary/aromatic N) is 2. The lowest BCUT2D eigenvalue weighted by Gasteiger charge is -2.10. The van der Waals surface area contributed by atoms with Crippen molar-refractivity contribution in [3.05, 3.63) is 46.2 Å². The molecule has 0 saturated heterocycles. The highest BCUT2D eigenvalue weighted by Gasteiger charge is 2.08. The van der Waals surface area contributed by atoms with Crippen molar-refractivity contribution in [3.8, 4) is 5.88 Å². The SMILES string of the molecule is Cc1c(NN)ncnc1OCc1ccccc1Br. The van der Waals surface area contributed by atoms with Gasteiger partial charge in [-0.3, -0.25) is 0 Å². The first-order valence-corrected chi connectivity index (χ1v) is 6.16. The van der Waals surface area contributed by atoms with E-state index in [0.717, 1.165) is 15.6 Å². The molecule has 18 heavy (non-hydrogen) atoms. The summed E-state index contributed by atoms with van der Waals surface area (Å²) in [5.41, 5.74) is 4.34. The average Bonchev–Trinajstić information content (AvgIpc) is 2.39. The van der Waals surface area contributed by atoms with Crippen LogP contribution in [0.15, 0.2) is 35.1 Å². The molecule has 2 rings (SSSR count). The Labute approximate surface area is 113 Å². The summed E-state index contributed by atoms with van der Waals surface area (Å²) >= 11 is 3.47. The standard InChI is InChI=1S/C12H13BrN4O/c1-8-11(17-14)15-7-16-12(8)18-6-9-4-2-3-5-10(9)13/h2-5,7H,6,14H2,1H3,(H,15,16,17). The van der Waals surface area contributed by atoms with Crippen LogP contribution in [0.5, 0.6) is 5.88 Å². The summed E-state index contributed by atoms with van der Waals surface area (Å²) in [7, 11) is 0. The zero-order valence-electron chi connectivity index (χ0n) is 9.85. The van der Waals surface area contributed by atoms with Crippen molar-refractivity contribution in [2.24, 2.45) is 5.84 Å². The van der Waals surface area contributed by atoms with E-state index in [2.05, 4.69) is 31.3 Å². The molecule has 1 aromatic carbocycles. The topological polar surface area (TPSA) is 73.1 Å². The van der Waals surface area contributed by atoms with Gasteiger partial charge >= 0.3 is 0 Å². The second-order valence-electron chi connectivity index (χ2n) is 3.68. The third kappa shape index (κ3) is 2.77. The Morgan fingerprint density at radius 3 is 2.83 bits per heavy atom. The monoisotopic (exact) mass is 308 g/mol. The van der Waals surface area contributed by atoms with Crippen LogP contribution in [0.4, 0.5) is 5.82 Å². The Morgan fingerprint density at radius 1 is 1.33 bits per heavy atom. The van der Waals surface area contributed by atoms with Crippen molar-refractivity contribution >= 4 is 21.7 Å². The van der Waals surface area contributed by atoms with Gasteiger partial charge in [-0.1, -0.05) is 34.1 Å². The molecule has 0 atom stereocenters. The summed E-state index contributed by atoms with van der Waals surface area (Å²) in [5, 5.41) is 0. The predicted octanol–water partition coefficient (Wildman–Crippen LogP) is 2.41. The van der Waals surface area contributed by atoms with Gasteiger partial charge in [-0.05, 0) is 13.0 Å². The van der Waals surface area contributed by atoms with E-state index in [4.69, 9.17) is 10.6 Å². The van der Waals surface area contributed by atoms with Crippen LogP contribution in [0.25, 0.3) is 0 Å². The van der Waals surface area contributed by atoms with Gasteiger partial charge in [0, 0.05) is 10.0 Å². The van der Waals surface area contributed by atoms with Crippen molar-refractivity contribution in [2.75, 3.05) is 5.43 Å². The summed E-state index contributed by atoms with van der Waals surface area (Å²) in [6, 6.07) is 7.88. The van der Waals surface area contributed by atoms with E-state index in [9.17, 15) is 0 Å². The van der Waals surface area contributed by atoms with Gasteiger partial charge in [-0.2, -0.15) is 0 Å². The molecular formula is C12H13BrN4O. The summed E-state index contributed by atoms with van der Waals surface area (Å²) in [6.45, 7) is 2.29. The molecule has 2 aromatic rings. The van der Waals surface area contributed by atoms with Gasteiger partial charge in [0.25, 0.3) is 0 Å². The fourth-order valence-corrected chi connectivity index (χ4v) is 1.89. The molecule has 0 unspecified atom stereocenters. The maximum absolute atomic E-state index is 5.67. The van der Waals surface area contributed by atoms with Gasteiger partial charge in [0.05, 0.1) is 5.56 Å². The molecule has 6 heteroatoms. The lowest BCUT2D eigenvalue weighted by molar-refractivity contribution is 0.290. The number of hydrogen-bond donors (Lipinski definition) is 2. The van der Waals surface area contributed by atoms with E-state index >= 15 is 0 Å². The van der Waals surface area contributed by atoms with Crippen molar-refractivity contribution in [1.82, 2.24) is 9.97 Å². The van der Waals surface area contributed by atoms with E-state index in [1.54, 1.807) is 0 Å². The minimum absolute atomic E-state index is 0.434. The minimum Gasteiger partial charge on any atom is -0.472 e. The Bertz CT molecular complexity index is 547. The number of halogens is 1. The zero-order chi connectivity index (χ0) is 13.0. The summed E-state index contributed by atoms with van der Waals surface area (Å²) in [5.74, 6) is 6.43. The second kappa shape index (κ2) is 5.79. The number of anilines is 1. The van der Waals surface area contributed by atoms with Crippen LogP contribution in [-0.4, -0.2) is 9.97 Å². The first-order valence-electron chi connectivity index (χ1n) is 5.36. The van der Waals surface area contributed by atoms with Gasteiger partial charge in [0.2, 0.25) is 5.88 Å². The summed E-state index contributed by atoms with van der Waals surface area (Å²) in [6.07, 6.45) is 1.41. The van der Waals surface area contributed by atoms with E-state index in [1.807, 2.05) is 31.2 Å². The van der Waals surface area contributed by atoms with Crippen LogP contribution in [0.3, 0.4) is 0 Å². The van der Waals surface area contributed by atoms with Crippen LogP contribution in [-0.2, 0) is 6.61 Å². The molecule has 1 heterocycles. The van der Waals surface area contributed by atoms with Crippen LogP contribution >= 0.6 is 15.9 Å². The number of benzene rings is 1. The molecule has 3 N–H and O–H groups in total. The quantitative estimate of drug-likeness (QED) is 0.670. The largest absolute Gasteiger partial charge is 0.472 e. The number of ether oxygens (including phenoxy) is 1. The van der Waals surface area contributed by atoms with Gasteiger partial charge < -0.3 is 10.2 Å². The molecule has 94 valence electrons. The fraction of sp³-hybridized carbons (Fsp3) is 0.167. The van der Waals surface area contributed by atoms with Gasteiger partial charge in [0.15, 0.2) is 0 Å². The first kappa shape index (κ1) is 12.8. The molecule has 0 amide bonds. The predicted molar refractivity (Wildman–Crippen MR) is 73.1 cm³/mol. The van der Waals surface area contributed by atoms with E-state index in [1.165, 1.54) is 6.33 Å². The van der Waals surface area contributed by atoms with Gasteiger partial charge in [-0.15, -0.1) is 0 Å². The molecule has 0 radical (unpaired) electrons. The summed E-state index contributed by atoms with van der Waals surface area (Å²) in [4.78, 5) is 8.08. The highest BCUT2D eigenvalue weighted by molar-refractivity contribution is 9.10. The van der Waals surface area contributed by atoms with Crippen LogP contribution in [0, 0.1) is 6.92 Å². The Morgan fingerprint density at radius 2 is 2.11 bits per heavy atom. The number of rotatable bonds is 4. The molecule has 0 bridgehead atoms. The molecular weight excluding hydrogens is 296 g/mol. The lowest BCUT2D eigenvalue weighted by atomic mass is 10.2. The summed E-state index contributed by atoms with van der Waals surface area (Å²) < 4.78 is 6.68. The molecule has 0 spiro atoms. The van der Waals surface area contributed by atoms with Crippen LogP contribution < -0.4 is 16.0 Å². The van der Waals surface area contributed by atoms with Crippen molar-refractivity contribution in [1.29, 1.82) is 0 Å². The molecule has 1 aromatic heterocycles. The highest BCUT2D eigenvalue weighted by atomic mass is 79.9. The maximum atomic E-state index is 5.67. The molecule has 0 fully saturated rings. The Hall–Kier alpha value is -1.66. The normalized spacial score (nSPS) is 10.2. The smallest absolute Gasteiger partial charge is 0.221 e. The van der Waals surface area contributed by atoms with Gasteiger partial charge in [0.1, 0.15) is 18.8 Å². The first-order chi connectivity index (χ1) is 8.72. The maximum Gasteiger partial charge on any atom is 0.221 e. The van der Waals surface area contributed by atoms with Crippen LogP contribution in [0.2, 0.25) is 0 Å². The van der Waals surface area contributed by atoms with E-state index in [0.29, 0.717) is 18.3 Å². The third-order valence-corrected chi connectivity index (χ3v) is 3.27. The average molecular weight is 309 g/mol. The van der Waals surface area contributed by atoms with Crippen molar-refractivity contribution in [3.63, 3.8) is 0 Å². The molecule has 0 aliphatic carbocycles. The number of hydrogen-bond acceptors (Lipinski definition) is 5. The van der Waals surface area contributed by atoms with Crippen molar-refractivity contribution < 1.29 is 4.74 Å². The van der Waals surface area contributed by atoms with E-state index in [-0.39, 0.29) is 0 Å². The zero-order valence-corrected chi connectivity index (χ0v) is 11.4. The van der Waals surface area contributed by atoms with Crippen molar-refractivity contribution in [2.45, 2.75) is 13.5 Å². The number of aromatic nitrogens is 2. The van der Waals surface area contributed by atoms with E-state index < -0.39 is 0 Å². The lowest BCUT2D eigenvalue weighted by Crippen LogP contribution is -2.11. The molecule has 0 aliphatic heterocycles. The fourth-order valence-electron chi connectivity index (χ4n) is 1.49. The highest BCUT2D eigenvalue weighted by Crippen LogP contribution is 2.22. The molecule has 5 nitrogen and oxygen atoms in total. The number of hydrazine groups is 1.